The maximum absolute atomic E-state index is 11.3. The second-order valence-electron chi connectivity index (χ2n) is 28.8. The van der Waals surface area contributed by atoms with Gasteiger partial charge in [-0.3, -0.25) is 59.1 Å². The van der Waals surface area contributed by atoms with E-state index in [9.17, 15) is 84.6 Å². The van der Waals surface area contributed by atoms with Crippen molar-refractivity contribution in [2.45, 2.75) is 195 Å². The van der Waals surface area contributed by atoms with Crippen LogP contribution in [0.4, 0.5) is 34.1 Å². The van der Waals surface area contributed by atoms with Crippen LogP contribution in [-0.4, -0.2) is 161 Å². The molecule has 12 atom stereocenters. The number of carbonyl (C=O) groups excluding carboxylic acids is 6. The average Bonchev–Trinajstić information content (AvgIpc) is 1.59. The second-order valence-corrected chi connectivity index (χ2v) is 29.3. The number of nitrogens with zero attached hydrogens (tertiary/aromatic N) is 7. The zero-order valence-corrected chi connectivity index (χ0v) is 82.4. The first-order valence-corrected chi connectivity index (χ1v) is 36.4. The Kier molecular flexibility index (Phi) is 42.2. The molecule has 5 amide bonds. The molecule has 1 fully saturated rings. The molecule has 6 aliphatic carbocycles. The number of ether oxygens (including phenoxy) is 1. The minimum atomic E-state index is -0.726. The number of halogens is 1. The molecule has 0 aromatic heterocycles. The number of allylic oxidation sites excluding steroid dienone is 2. The first-order valence-electron chi connectivity index (χ1n) is 36.0. The van der Waals surface area contributed by atoms with Crippen molar-refractivity contribution in [2.75, 3.05) is 33.9 Å². The summed E-state index contributed by atoms with van der Waals surface area (Å²) in [7, 11) is 7.76. The molecule has 6 aromatic rings. The molecule has 1 heterocycles. The molecule has 0 spiro atoms. The number of nitrogen functional groups attached to an aromatic ring is 1. The Morgan fingerprint density at radius 2 is 0.635 bits per heavy atom. The van der Waals surface area contributed by atoms with E-state index in [1.165, 1.54) is 82.5 Å². The van der Waals surface area contributed by atoms with Gasteiger partial charge in [0.05, 0.1) is 93.0 Å². The van der Waals surface area contributed by atoms with Gasteiger partial charge in [0, 0.05) is 283 Å². The van der Waals surface area contributed by atoms with Crippen molar-refractivity contribution in [2.24, 2.45) is 9.98 Å². The van der Waals surface area contributed by atoms with Crippen LogP contribution in [0.25, 0.3) is 0 Å². The van der Waals surface area contributed by atoms with E-state index in [1.807, 2.05) is 113 Å². The van der Waals surface area contributed by atoms with Crippen molar-refractivity contribution in [1.29, 1.82) is 0 Å². The Labute approximate surface area is 781 Å². The van der Waals surface area contributed by atoms with Crippen molar-refractivity contribution in [1.82, 2.24) is 36.4 Å². The fourth-order valence-corrected chi connectivity index (χ4v) is 12.9. The summed E-state index contributed by atoms with van der Waals surface area (Å²) in [5.74, 6) is 0.843. The van der Waals surface area contributed by atoms with Crippen LogP contribution in [0.1, 0.15) is 186 Å². The van der Waals surface area contributed by atoms with Gasteiger partial charge in [-0.15, -0.1) is 0 Å². The number of benzene rings is 6. The topological polar surface area (TPSA) is 463 Å². The van der Waals surface area contributed by atoms with E-state index < -0.39 is 52.5 Å². The molecule has 35 heteroatoms. The molecule has 6 aromatic carbocycles. The van der Waals surface area contributed by atoms with Crippen molar-refractivity contribution < 1.29 is 206 Å². The monoisotopic (exact) mass is 2250 g/mol. The SMILES string of the molecule is CC(=O)Cl.CC(=O)NC1c2cc(N)ccc2CC1O.CC(=O)NC1c2cc(N=C(C)N(C)C)ccc2CC1O.CC(=O)NC1c2cc(N=C(C)N(C)C)ccc2CC1O.CC(=O)NC1c2cc([N+](=O)[O-])ccc2CC1O.CC(=O)NC1c2cc([N+](=O)[O-])ccc2CC1O.CC(C)=C(C)C.O=[N+]([O-])c1ccc2c(c1)C1OC1C2.[Ac].[Ac].[Ac]. The summed E-state index contributed by atoms with van der Waals surface area (Å²) in [4.78, 5) is 108. The van der Waals surface area contributed by atoms with Gasteiger partial charge in [0.25, 0.3) is 17.1 Å². The number of epoxide rings is 1. The number of amidine groups is 2. The van der Waals surface area contributed by atoms with E-state index in [1.54, 1.807) is 24.3 Å². The van der Waals surface area contributed by atoms with Crippen molar-refractivity contribution in [3.63, 3.8) is 0 Å². The predicted octanol–water partition coefficient (Wildman–Crippen LogP) is 9.25. The molecule has 12 unspecified atom stereocenters. The number of hydrogen-bond donors (Lipinski definition) is 11. The van der Waals surface area contributed by atoms with Gasteiger partial charge < -0.3 is 72.4 Å². The molecule has 3 radical (unpaired) electrons. The molecule has 0 bridgehead atoms. The smallest absolute Gasteiger partial charge is 0.269 e. The fourth-order valence-electron chi connectivity index (χ4n) is 12.9. The quantitative estimate of drug-likeness (QED) is 0.00889. The number of carbonyl (C=O) groups is 6. The van der Waals surface area contributed by atoms with Gasteiger partial charge in [0.15, 0.2) is 0 Å². The van der Waals surface area contributed by atoms with Crippen LogP contribution >= 0.6 is 11.6 Å². The van der Waals surface area contributed by atoms with Gasteiger partial charge >= 0.3 is 0 Å². The van der Waals surface area contributed by atoms with Gasteiger partial charge in [-0.05, 0) is 156 Å². The fraction of sp³-hybridized carbons (Fsp3) is 0.425. The maximum Gasteiger partial charge on any atom is 0.269 e. The van der Waals surface area contributed by atoms with Crippen LogP contribution in [-0.2, 0) is 72.0 Å². The number of non-ortho nitro benzene ring substituents is 3. The number of fused-ring (bicyclic) bond motifs is 8. The summed E-state index contributed by atoms with van der Waals surface area (Å²) in [5.41, 5.74) is 22.1. The third kappa shape index (κ3) is 30.6. The van der Waals surface area contributed by atoms with E-state index in [0.29, 0.717) is 55.0 Å². The van der Waals surface area contributed by atoms with Crippen LogP contribution in [0.5, 0.6) is 0 Å². The van der Waals surface area contributed by atoms with Crippen LogP contribution < -0.4 is 32.3 Å². The van der Waals surface area contributed by atoms with Crippen LogP contribution in [0.3, 0.4) is 0 Å². The van der Waals surface area contributed by atoms with Gasteiger partial charge in [-0.2, -0.15) is 0 Å². The number of anilines is 1. The Morgan fingerprint density at radius 3 is 0.887 bits per heavy atom. The molecule has 31 nitrogen and oxygen atoms in total. The zero-order valence-electron chi connectivity index (χ0n) is 67.4. The molecule has 13 rings (SSSR count). The Morgan fingerprint density at radius 1 is 0.400 bits per heavy atom. The number of rotatable bonds is 10. The molecule has 0 saturated carbocycles. The minimum Gasteiger partial charge on any atom is -0.399 e. The summed E-state index contributed by atoms with van der Waals surface area (Å²) in [6.07, 6.45) is 0.735. The average molecular weight is 2250 g/mol. The Bertz CT molecular complexity index is 4390. The number of aliphatic hydroxyl groups is 5. The van der Waals surface area contributed by atoms with Crippen LogP contribution in [0.15, 0.2) is 130 Å². The van der Waals surface area contributed by atoms with Crippen molar-refractivity contribution in [3.8, 4) is 0 Å². The second kappa shape index (κ2) is 47.3. The number of nitrogens with two attached hydrogens (primary N) is 1. The number of aliphatic hydroxyl groups excluding tert-OH is 5. The van der Waals surface area contributed by atoms with Gasteiger partial charge in [0.2, 0.25) is 34.8 Å². The summed E-state index contributed by atoms with van der Waals surface area (Å²) in [6.45, 7) is 20.7. The van der Waals surface area contributed by atoms with Crippen molar-refractivity contribution in [3.05, 3.63) is 217 Å². The third-order valence-electron chi connectivity index (χ3n) is 19.2. The molecule has 1 saturated heterocycles. The van der Waals surface area contributed by atoms with Crippen LogP contribution in [0.2, 0.25) is 0 Å². The predicted molar refractivity (Wildman–Crippen MR) is 425 cm³/mol. The third-order valence-corrected chi connectivity index (χ3v) is 19.2. The molecule has 7 aliphatic rings. The molecular formula is C80H102Ac3ClN13O18. The number of nitro benzene ring substituents is 3. The molecular weight excluding hydrogens is 2150 g/mol. The van der Waals surface area contributed by atoms with E-state index in [2.05, 4.69) is 75.9 Å². The Hall–Kier alpha value is -6.61. The number of nitro groups is 3. The molecule has 12 N–H and O–H groups in total. The summed E-state index contributed by atoms with van der Waals surface area (Å²) in [5, 5.41) is 94.5. The van der Waals surface area contributed by atoms with E-state index in [0.717, 1.165) is 79.5 Å². The molecule has 1 aliphatic heterocycles. The van der Waals surface area contributed by atoms with E-state index in [-0.39, 0.29) is 213 Å². The van der Waals surface area contributed by atoms with E-state index in [4.69, 9.17) is 10.5 Å². The first kappa shape index (κ1) is 103. The molecule has 611 valence electrons. The van der Waals surface area contributed by atoms with Crippen LogP contribution in [0, 0.1) is 163 Å². The van der Waals surface area contributed by atoms with E-state index >= 15 is 0 Å². The summed E-state index contributed by atoms with van der Waals surface area (Å²) < 4.78 is 5.29. The van der Waals surface area contributed by atoms with Gasteiger partial charge in [-0.25, -0.2) is 9.98 Å². The zero-order chi connectivity index (χ0) is 83.6. The molecule has 115 heavy (non-hydrogen) atoms. The van der Waals surface area contributed by atoms with Crippen molar-refractivity contribution >= 4 is 92.2 Å². The minimum absolute atomic E-state index is 0. The largest absolute Gasteiger partial charge is 0.399 e. The summed E-state index contributed by atoms with van der Waals surface area (Å²) in [6, 6.07) is 29.0. The normalized spacial score (nSPS) is 20.9. The Balaban J connectivity index is 0.000000348. The first-order chi connectivity index (χ1) is 52.4. The summed E-state index contributed by atoms with van der Waals surface area (Å²) >= 11 is 4.64. The van der Waals surface area contributed by atoms with Gasteiger partial charge in [0.1, 0.15) is 17.8 Å². The van der Waals surface area contributed by atoms with Gasteiger partial charge in [-0.1, -0.05) is 47.5 Å². The number of hydrogen-bond acceptors (Lipinski definition) is 21. The number of nitrogens with one attached hydrogen (secondary N) is 5. The number of aliphatic imine (C=N–C) groups is 2. The maximum atomic E-state index is 11.3. The standard InChI is InChI=1S/2C15H21N3O2.2C11H12N2O4.C11H14N2O2.C9H7NO3.C6H12.C2H3ClO.3Ac/c2*1-9(18(3)4)16-12-6-5-11-7-14(20)15(13(11)8-12)17-10(2)19;2*1-6(14)12-11-9-5-8(13(16)17)3-2-7(9)4-10(11)15;1-6(14)13-11-9-5-8(12)3-2-7(9)4-10(11)15;11-10(12)6-2-1-5-3-8-9(13-8)7(5)4-6;1-5(2)6(3)4;1-2(3)4;;;/h2*5-6,8,14-15,20H,7H2,1-4H3,(H,17,19);2*2-3,5,10-11,15H,4H2,1H3,(H,12,14);2-3,5,10-11,15H,4,12H2,1H3,(H,13,14);1-2,4,8-9H,3H2;1-4H3;1H3;;;. The number of amides is 5.